The number of carbonyl (C=O) groups is 2. The van der Waals surface area contributed by atoms with Gasteiger partial charge in [0.2, 0.25) is 5.91 Å². The molecule has 0 radical (unpaired) electrons. The average molecular weight is 413 g/mol. The molecule has 0 aliphatic carbocycles. The number of alkyl halides is 3. The second-order valence-corrected chi connectivity index (χ2v) is 7.68. The summed E-state index contributed by atoms with van der Waals surface area (Å²) in [6.45, 7) is -1.54. The maximum absolute atomic E-state index is 12.6. The number of hydrogen-bond donors (Lipinski definition) is 3. The highest BCUT2D eigenvalue weighted by Gasteiger charge is 2.29. The van der Waals surface area contributed by atoms with E-state index in [0.29, 0.717) is 11.3 Å². The first-order valence-corrected chi connectivity index (χ1v) is 9.43. The van der Waals surface area contributed by atoms with Crippen LogP contribution in [0.1, 0.15) is 15.9 Å². The van der Waals surface area contributed by atoms with Gasteiger partial charge in [0.25, 0.3) is 15.9 Å². The van der Waals surface area contributed by atoms with Crippen molar-refractivity contribution < 1.29 is 31.2 Å². The quantitative estimate of drug-likeness (QED) is 0.700. The molecule has 1 aliphatic heterocycles. The molecule has 2 amide bonds. The van der Waals surface area contributed by atoms with Crippen LogP contribution in [-0.2, 0) is 21.2 Å². The van der Waals surface area contributed by atoms with Crippen LogP contribution in [0.4, 0.5) is 24.5 Å². The third kappa shape index (κ3) is 4.42. The van der Waals surface area contributed by atoms with Crippen LogP contribution in [0, 0.1) is 0 Å². The molecule has 1 heterocycles. The predicted molar refractivity (Wildman–Crippen MR) is 94.4 cm³/mol. The van der Waals surface area contributed by atoms with Crippen LogP contribution < -0.4 is 15.4 Å². The molecule has 11 heteroatoms. The second kappa shape index (κ2) is 7.15. The van der Waals surface area contributed by atoms with E-state index >= 15 is 0 Å². The molecule has 0 unspecified atom stereocenters. The first-order chi connectivity index (χ1) is 13.0. The van der Waals surface area contributed by atoms with Gasteiger partial charge in [-0.05, 0) is 35.9 Å². The fourth-order valence-corrected chi connectivity index (χ4v) is 3.75. The molecular formula is C17H14F3N3O4S. The summed E-state index contributed by atoms with van der Waals surface area (Å²) in [7, 11) is -4.14. The summed E-state index contributed by atoms with van der Waals surface area (Å²) in [6, 6.07) is 9.34. The van der Waals surface area contributed by atoms with Gasteiger partial charge in [0.1, 0.15) is 6.54 Å². The van der Waals surface area contributed by atoms with Crippen molar-refractivity contribution in [2.75, 3.05) is 16.6 Å². The highest BCUT2D eigenvalue weighted by atomic mass is 32.2. The monoisotopic (exact) mass is 413 g/mol. The molecule has 0 bridgehead atoms. The molecule has 28 heavy (non-hydrogen) atoms. The van der Waals surface area contributed by atoms with E-state index in [1.807, 2.05) is 0 Å². The van der Waals surface area contributed by atoms with Gasteiger partial charge in [0.15, 0.2) is 0 Å². The summed E-state index contributed by atoms with van der Waals surface area (Å²) in [5, 5.41) is 4.28. The fraction of sp³-hybridized carbons (Fsp3) is 0.176. The molecule has 2 aromatic rings. The van der Waals surface area contributed by atoms with Gasteiger partial charge in [-0.3, -0.25) is 14.3 Å². The zero-order valence-electron chi connectivity index (χ0n) is 14.1. The predicted octanol–water partition coefficient (Wildman–Crippen LogP) is 2.27. The molecule has 3 rings (SSSR count). The molecule has 1 aliphatic rings. The fourth-order valence-electron chi connectivity index (χ4n) is 2.62. The van der Waals surface area contributed by atoms with Crippen molar-refractivity contribution in [2.45, 2.75) is 17.5 Å². The number of hydrogen-bond acceptors (Lipinski definition) is 4. The summed E-state index contributed by atoms with van der Waals surface area (Å²) >= 11 is 0. The van der Waals surface area contributed by atoms with Gasteiger partial charge >= 0.3 is 6.18 Å². The maximum atomic E-state index is 12.6. The Kier molecular flexibility index (Phi) is 5.02. The number of amides is 2. The van der Waals surface area contributed by atoms with Gasteiger partial charge in [-0.1, -0.05) is 12.1 Å². The Morgan fingerprint density at radius 1 is 1.14 bits per heavy atom. The number of nitrogens with one attached hydrogen (secondary N) is 3. The zero-order chi connectivity index (χ0) is 20.5. The minimum absolute atomic E-state index is 0.0368. The summed E-state index contributed by atoms with van der Waals surface area (Å²) in [5.41, 5.74) is 0.588. The van der Waals surface area contributed by atoms with Crippen LogP contribution in [-0.4, -0.2) is 33.0 Å². The SMILES string of the molecule is O=C1Cc2cc(S(=O)(=O)Nc3ccccc3C(=O)NCC(F)(F)F)ccc2N1. The Labute approximate surface area is 158 Å². The molecule has 0 saturated carbocycles. The smallest absolute Gasteiger partial charge is 0.343 e. The molecule has 3 N–H and O–H groups in total. The van der Waals surface area contributed by atoms with Crippen molar-refractivity contribution in [1.29, 1.82) is 0 Å². The van der Waals surface area contributed by atoms with E-state index in [2.05, 4.69) is 10.0 Å². The van der Waals surface area contributed by atoms with Crippen molar-refractivity contribution >= 4 is 33.2 Å². The lowest BCUT2D eigenvalue weighted by Gasteiger charge is -2.14. The highest BCUT2D eigenvalue weighted by Crippen LogP contribution is 2.27. The molecule has 0 aromatic heterocycles. The molecule has 0 saturated heterocycles. The standard InChI is InChI=1S/C17H14F3N3O4S/c18-17(19,20)9-21-16(25)12-3-1-2-4-14(12)23-28(26,27)11-5-6-13-10(7-11)8-15(24)22-13/h1-7,23H,8-9H2,(H,21,25)(H,22,24). The number of para-hydroxylation sites is 1. The number of sulfonamides is 1. The van der Waals surface area contributed by atoms with Crippen LogP contribution in [0.5, 0.6) is 0 Å². The minimum atomic E-state index is -4.60. The van der Waals surface area contributed by atoms with Gasteiger partial charge in [-0.25, -0.2) is 8.42 Å². The summed E-state index contributed by atoms with van der Waals surface area (Å²) in [6.07, 6.45) is -4.56. The van der Waals surface area contributed by atoms with E-state index in [9.17, 15) is 31.2 Å². The van der Waals surface area contributed by atoms with E-state index in [-0.39, 0.29) is 28.5 Å². The highest BCUT2D eigenvalue weighted by molar-refractivity contribution is 7.92. The summed E-state index contributed by atoms with van der Waals surface area (Å²) in [4.78, 5) is 23.3. The number of fused-ring (bicyclic) bond motifs is 1. The van der Waals surface area contributed by atoms with Gasteiger partial charge in [0, 0.05) is 5.69 Å². The summed E-state index contributed by atoms with van der Waals surface area (Å²) in [5.74, 6) is -1.33. The first-order valence-electron chi connectivity index (χ1n) is 7.95. The summed E-state index contributed by atoms with van der Waals surface area (Å²) < 4.78 is 64.4. The van der Waals surface area contributed by atoms with Crippen molar-refractivity contribution in [2.24, 2.45) is 0 Å². The molecule has 7 nitrogen and oxygen atoms in total. The van der Waals surface area contributed by atoms with Crippen molar-refractivity contribution in [3.8, 4) is 0 Å². The Hall–Kier alpha value is -3.08. The first kappa shape index (κ1) is 19.7. The van der Waals surface area contributed by atoms with Gasteiger partial charge in [0.05, 0.1) is 22.6 Å². The van der Waals surface area contributed by atoms with Crippen LogP contribution >= 0.6 is 0 Å². The number of carbonyl (C=O) groups excluding carboxylic acids is 2. The third-order valence-electron chi connectivity index (χ3n) is 3.88. The third-order valence-corrected chi connectivity index (χ3v) is 5.24. The normalized spacial score (nSPS) is 13.6. The Balaban J connectivity index is 1.85. The zero-order valence-corrected chi connectivity index (χ0v) is 14.9. The van der Waals surface area contributed by atoms with Crippen LogP contribution in [0.25, 0.3) is 0 Å². The molecule has 0 spiro atoms. The van der Waals surface area contributed by atoms with Gasteiger partial charge < -0.3 is 10.6 Å². The van der Waals surface area contributed by atoms with E-state index in [4.69, 9.17) is 0 Å². The van der Waals surface area contributed by atoms with E-state index in [1.54, 1.807) is 5.32 Å². The van der Waals surface area contributed by atoms with Crippen molar-refractivity contribution in [1.82, 2.24) is 5.32 Å². The maximum Gasteiger partial charge on any atom is 0.405 e. The minimum Gasteiger partial charge on any atom is -0.343 e. The van der Waals surface area contributed by atoms with E-state index in [1.165, 1.54) is 42.5 Å². The lowest BCUT2D eigenvalue weighted by Crippen LogP contribution is -2.34. The average Bonchev–Trinajstić information content (AvgIpc) is 2.98. The lowest BCUT2D eigenvalue weighted by atomic mass is 10.1. The number of rotatable bonds is 5. The van der Waals surface area contributed by atoms with E-state index < -0.39 is 28.7 Å². The van der Waals surface area contributed by atoms with Crippen LogP contribution in [0.3, 0.4) is 0 Å². The largest absolute Gasteiger partial charge is 0.405 e. The van der Waals surface area contributed by atoms with Gasteiger partial charge in [-0.2, -0.15) is 13.2 Å². The Bertz CT molecular complexity index is 1050. The Morgan fingerprint density at radius 3 is 2.57 bits per heavy atom. The number of benzene rings is 2. The van der Waals surface area contributed by atoms with Crippen LogP contribution in [0.15, 0.2) is 47.4 Å². The Morgan fingerprint density at radius 2 is 1.86 bits per heavy atom. The van der Waals surface area contributed by atoms with Gasteiger partial charge in [-0.15, -0.1) is 0 Å². The molecular weight excluding hydrogens is 399 g/mol. The molecule has 148 valence electrons. The second-order valence-electron chi connectivity index (χ2n) is 5.99. The van der Waals surface area contributed by atoms with Crippen molar-refractivity contribution in [3.63, 3.8) is 0 Å². The molecule has 0 fully saturated rings. The molecule has 0 atom stereocenters. The number of anilines is 2. The van der Waals surface area contributed by atoms with Crippen molar-refractivity contribution in [3.05, 3.63) is 53.6 Å². The van der Waals surface area contributed by atoms with E-state index in [0.717, 1.165) is 0 Å². The molecule has 2 aromatic carbocycles. The van der Waals surface area contributed by atoms with Crippen LogP contribution in [0.2, 0.25) is 0 Å². The lowest BCUT2D eigenvalue weighted by molar-refractivity contribution is -0.123. The number of halogens is 3. The topological polar surface area (TPSA) is 104 Å².